The zero-order valence-electron chi connectivity index (χ0n) is 6.84. The van der Waals surface area contributed by atoms with Crippen molar-refractivity contribution in [1.82, 2.24) is 0 Å². The zero-order chi connectivity index (χ0) is 10.2. The Kier molecular flexibility index (Phi) is 6.70. The van der Waals surface area contributed by atoms with E-state index in [9.17, 15) is 4.89 Å². The molecule has 13 heavy (non-hydrogen) atoms. The summed E-state index contributed by atoms with van der Waals surface area (Å²) in [6.07, 6.45) is 0.158. The Morgan fingerprint density at radius 3 is 2.69 bits per heavy atom. The molecule has 0 radical (unpaired) electrons. The molecule has 0 rings (SSSR count). The summed E-state index contributed by atoms with van der Waals surface area (Å²) in [5.74, 6) is 0. The van der Waals surface area contributed by atoms with Crippen LogP contribution in [0.5, 0.6) is 0 Å². The molecule has 0 aromatic rings. The molecule has 0 heterocycles. The van der Waals surface area contributed by atoms with Crippen LogP contribution in [-0.2, 0) is 20.9 Å². The largest absolute Gasteiger partial charge is 0.324 e. The van der Waals surface area contributed by atoms with Crippen molar-refractivity contribution in [2.45, 2.75) is 6.42 Å². The van der Waals surface area contributed by atoms with Crippen LogP contribution >= 0.6 is 6.72 Å². The summed E-state index contributed by atoms with van der Waals surface area (Å²) in [6.45, 7) is 3.48. The molecule has 0 bridgehead atoms. The first-order valence-corrected chi connectivity index (χ1v) is 6.03. The second kappa shape index (κ2) is 6.97. The quantitative estimate of drug-likeness (QED) is 0.412. The topological polar surface area (TPSA) is 66.8 Å². The van der Waals surface area contributed by atoms with Gasteiger partial charge < -0.3 is 18.8 Å². The average molecular weight is 220 g/mol. The smallest absolute Gasteiger partial charge is 0.324 e. The Hall–Kier alpha value is -0.490. The fourth-order valence-electron chi connectivity index (χ4n) is 0.446. The molecule has 5 nitrogen and oxygen atoms in total. The molecule has 1 N–H and O–H groups in total. The first kappa shape index (κ1) is 12.5. The highest BCUT2D eigenvalue weighted by atomic mass is 32.5. The predicted octanol–water partition coefficient (Wildman–Crippen LogP) is 1.07. The lowest BCUT2D eigenvalue weighted by Crippen LogP contribution is -1.99. The molecule has 1 unspecified atom stereocenters. The molecule has 0 fully saturated rings. The van der Waals surface area contributed by atoms with Crippen molar-refractivity contribution >= 4 is 18.5 Å². The van der Waals surface area contributed by atoms with Crippen molar-refractivity contribution in [3.63, 3.8) is 0 Å². The van der Waals surface area contributed by atoms with Gasteiger partial charge in [0.1, 0.15) is 6.61 Å². The van der Waals surface area contributed by atoms with Crippen molar-refractivity contribution in [3.05, 3.63) is 11.4 Å². The van der Waals surface area contributed by atoms with Gasteiger partial charge in [0.2, 0.25) is 6.54 Å². The summed E-state index contributed by atoms with van der Waals surface area (Å²) in [4.78, 5) is 12.2. The second-order valence-electron chi connectivity index (χ2n) is 1.92. The van der Waals surface area contributed by atoms with Crippen LogP contribution in [0.15, 0.2) is 0 Å². The molecule has 72 valence electrons. The maximum absolute atomic E-state index is 9.24. The zero-order valence-corrected chi connectivity index (χ0v) is 8.55. The van der Waals surface area contributed by atoms with Gasteiger partial charge in [-0.05, 0) is 11.8 Å². The number of nitrogens with zero attached hydrogens (tertiary/aromatic N) is 2. The SMILES string of the molecule is [C-]#[N+]CCOP(O)(=S)OCCC#N. The van der Waals surface area contributed by atoms with E-state index in [1.54, 1.807) is 0 Å². The minimum atomic E-state index is -3.21. The Bertz CT molecular complexity index is 246. The minimum absolute atomic E-state index is 0.0578. The molecule has 7 heteroatoms. The highest BCUT2D eigenvalue weighted by Gasteiger charge is 2.14. The third kappa shape index (κ3) is 7.86. The van der Waals surface area contributed by atoms with E-state index >= 15 is 0 Å². The van der Waals surface area contributed by atoms with E-state index in [0.717, 1.165) is 0 Å². The summed E-state index contributed by atoms with van der Waals surface area (Å²) >= 11 is 4.58. The number of hydrogen-bond acceptors (Lipinski definition) is 4. The lowest BCUT2D eigenvalue weighted by atomic mass is 10.5. The summed E-state index contributed by atoms with van der Waals surface area (Å²) in [6, 6.07) is 1.84. The van der Waals surface area contributed by atoms with Gasteiger partial charge in [0.15, 0.2) is 0 Å². The van der Waals surface area contributed by atoms with E-state index in [-0.39, 0.29) is 26.2 Å². The van der Waals surface area contributed by atoms with Crippen LogP contribution in [0, 0.1) is 17.9 Å². The molecule has 0 aliphatic heterocycles. The molecule has 0 amide bonds. The van der Waals surface area contributed by atoms with Gasteiger partial charge in [-0.3, -0.25) is 0 Å². The van der Waals surface area contributed by atoms with Crippen molar-refractivity contribution in [2.24, 2.45) is 0 Å². The molecule has 0 saturated heterocycles. The van der Waals surface area contributed by atoms with Gasteiger partial charge in [-0.25, -0.2) is 6.57 Å². The van der Waals surface area contributed by atoms with Gasteiger partial charge in [0, 0.05) is 0 Å². The summed E-state index contributed by atoms with van der Waals surface area (Å²) < 4.78 is 9.50. The summed E-state index contributed by atoms with van der Waals surface area (Å²) in [5.41, 5.74) is 0. The summed E-state index contributed by atoms with van der Waals surface area (Å²) in [5, 5.41) is 8.16. The van der Waals surface area contributed by atoms with Gasteiger partial charge in [0.05, 0.1) is 19.1 Å². The fourth-order valence-corrected chi connectivity index (χ4v) is 1.60. The molecule has 1 atom stereocenters. The van der Waals surface area contributed by atoms with Gasteiger partial charge in [-0.2, -0.15) is 5.26 Å². The molecule has 0 aromatic heterocycles. The molecule has 0 aliphatic carbocycles. The highest BCUT2D eigenvalue weighted by Crippen LogP contribution is 2.43. The maximum atomic E-state index is 9.24. The van der Waals surface area contributed by atoms with Gasteiger partial charge >= 0.3 is 6.72 Å². The number of hydrogen-bond donors (Lipinski definition) is 1. The van der Waals surface area contributed by atoms with E-state index < -0.39 is 6.72 Å². The van der Waals surface area contributed by atoms with Crippen LogP contribution in [0.2, 0.25) is 0 Å². The van der Waals surface area contributed by atoms with Crippen LogP contribution < -0.4 is 0 Å². The third-order valence-electron chi connectivity index (χ3n) is 0.926. The normalized spacial score (nSPS) is 14.1. The van der Waals surface area contributed by atoms with Crippen molar-refractivity contribution in [1.29, 1.82) is 5.26 Å². The van der Waals surface area contributed by atoms with E-state index in [0.29, 0.717) is 0 Å². The van der Waals surface area contributed by atoms with Crippen LogP contribution in [-0.4, -0.2) is 24.7 Å². The Labute approximate surface area is 82.0 Å². The van der Waals surface area contributed by atoms with E-state index in [1.807, 2.05) is 6.07 Å². The van der Waals surface area contributed by atoms with Crippen LogP contribution in [0.25, 0.3) is 4.85 Å². The molecular formula is C6H9N2O3PS. The lowest BCUT2D eigenvalue weighted by molar-refractivity contribution is 0.206. The molecule has 0 saturated carbocycles. The molecule has 0 aliphatic rings. The van der Waals surface area contributed by atoms with Crippen molar-refractivity contribution < 1.29 is 13.9 Å². The van der Waals surface area contributed by atoms with E-state index in [4.69, 9.17) is 20.9 Å². The van der Waals surface area contributed by atoms with Crippen molar-refractivity contribution in [2.75, 3.05) is 19.8 Å². The Balaban J connectivity index is 3.63. The third-order valence-corrected chi connectivity index (χ3v) is 2.58. The predicted molar refractivity (Wildman–Crippen MR) is 50.1 cm³/mol. The van der Waals surface area contributed by atoms with Gasteiger partial charge in [0.25, 0.3) is 0 Å². The fraction of sp³-hybridized carbons (Fsp3) is 0.667. The molecular weight excluding hydrogens is 211 g/mol. The first-order valence-electron chi connectivity index (χ1n) is 3.44. The van der Waals surface area contributed by atoms with Crippen molar-refractivity contribution in [3.8, 4) is 6.07 Å². The van der Waals surface area contributed by atoms with E-state index in [2.05, 4.69) is 16.7 Å². The number of rotatable bonds is 6. The monoisotopic (exact) mass is 220 g/mol. The van der Waals surface area contributed by atoms with Gasteiger partial charge in [-0.15, -0.1) is 0 Å². The Morgan fingerprint density at radius 2 is 2.15 bits per heavy atom. The average Bonchev–Trinajstić information content (AvgIpc) is 2.05. The van der Waals surface area contributed by atoms with Crippen LogP contribution in [0.4, 0.5) is 0 Å². The Morgan fingerprint density at radius 1 is 1.54 bits per heavy atom. The lowest BCUT2D eigenvalue weighted by Gasteiger charge is -2.12. The van der Waals surface area contributed by atoms with Gasteiger partial charge in [-0.1, -0.05) is 0 Å². The van der Waals surface area contributed by atoms with Crippen LogP contribution in [0.3, 0.4) is 0 Å². The second-order valence-corrected chi connectivity index (χ2v) is 4.76. The van der Waals surface area contributed by atoms with E-state index in [1.165, 1.54) is 0 Å². The summed E-state index contributed by atoms with van der Waals surface area (Å²) in [7, 11) is 0. The highest BCUT2D eigenvalue weighted by molar-refractivity contribution is 8.07. The van der Waals surface area contributed by atoms with Crippen LogP contribution in [0.1, 0.15) is 6.42 Å². The molecule has 0 aromatic carbocycles. The minimum Gasteiger partial charge on any atom is -0.324 e. The molecule has 0 spiro atoms. The standard InChI is InChI=1S/C6H9N2O3PS/c1-8-4-6-11-12(9,13)10-5-2-3-7/h2,4-6H2,(H,9,13). The maximum Gasteiger partial charge on any atom is 0.324 e. The number of nitriles is 1. The first-order chi connectivity index (χ1) is 6.12.